The highest BCUT2D eigenvalue weighted by Crippen LogP contribution is 2.21. The van der Waals surface area contributed by atoms with Crippen molar-refractivity contribution in [1.29, 1.82) is 0 Å². The lowest BCUT2D eigenvalue weighted by molar-refractivity contribution is -0.201. The molecule has 0 amide bonds. The van der Waals surface area contributed by atoms with Crippen LogP contribution >= 0.6 is 0 Å². The van der Waals surface area contributed by atoms with Gasteiger partial charge in [-0.3, -0.25) is 0 Å². The summed E-state index contributed by atoms with van der Waals surface area (Å²) >= 11 is 0. The van der Waals surface area contributed by atoms with E-state index in [4.69, 9.17) is 5.11 Å². The quantitative estimate of drug-likeness (QED) is 0.590. The Hall–Kier alpha value is -0.940. The third-order valence-electron chi connectivity index (χ3n) is 0.739. The maximum atomic E-state index is 11.4. The van der Waals surface area contributed by atoms with Gasteiger partial charge in [-0.2, -0.15) is 13.2 Å². The second-order valence-electron chi connectivity index (χ2n) is 1.57. The lowest BCUT2D eigenvalue weighted by Gasteiger charge is -2.13. The fraction of sp³-hybridized carbons (Fsp3) is 0.750. The largest absolute Gasteiger partial charge is 0.506 e. The molecule has 10 heavy (non-hydrogen) atoms. The molecule has 0 saturated heterocycles. The summed E-state index contributed by atoms with van der Waals surface area (Å²) in [5.41, 5.74) is 0. The molecule has 0 spiro atoms. The summed E-state index contributed by atoms with van der Waals surface area (Å²) in [6.07, 6.45) is -8.80. The van der Waals surface area contributed by atoms with Crippen molar-refractivity contribution in [2.75, 3.05) is 0 Å². The molecule has 0 aliphatic rings. The topological polar surface area (TPSA) is 46.5 Å². The van der Waals surface area contributed by atoms with Crippen LogP contribution in [0.15, 0.2) is 0 Å². The summed E-state index contributed by atoms with van der Waals surface area (Å²) in [6.45, 7) is 0.619. The third kappa shape index (κ3) is 3.16. The van der Waals surface area contributed by atoms with Gasteiger partial charge in [0.1, 0.15) is 0 Å². The van der Waals surface area contributed by atoms with E-state index in [1.54, 1.807) is 0 Å². The molecule has 3 nitrogen and oxygen atoms in total. The van der Waals surface area contributed by atoms with Gasteiger partial charge in [0.25, 0.3) is 0 Å². The van der Waals surface area contributed by atoms with E-state index in [1.165, 1.54) is 0 Å². The zero-order valence-electron chi connectivity index (χ0n) is 4.97. The number of carboxylic acid groups (broad SMARTS) is 1. The van der Waals surface area contributed by atoms with Crippen LogP contribution in [-0.2, 0) is 4.74 Å². The fourth-order valence-corrected chi connectivity index (χ4v) is 0.218. The standard InChI is InChI=1S/C4H5F3O3/c1-2(4(5,6)7)10-3(8)9/h2H,1H3,(H,8,9)/t2-/m0/s1. The van der Waals surface area contributed by atoms with Crippen molar-refractivity contribution < 1.29 is 27.8 Å². The van der Waals surface area contributed by atoms with Crippen LogP contribution in [-0.4, -0.2) is 23.5 Å². The number of ether oxygens (including phenoxy) is 1. The van der Waals surface area contributed by atoms with Gasteiger partial charge >= 0.3 is 12.3 Å². The Morgan fingerprint density at radius 1 is 1.60 bits per heavy atom. The number of alkyl halides is 3. The van der Waals surface area contributed by atoms with Gasteiger partial charge in [0.15, 0.2) is 6.10 Å². The summed E-state index contributed by atoms with van der Waals surface area (Å²) < 4.78 is 37.7. The normalized spacial score (nSPS) is 14.4. The third-order valence-corrected chi connectivity index (χ3v) is 0.739. The molecule has 1 N–H and O–H groups in total. The zero-order valence-corrected chi connectivity index (χ0v) is 4.97. The van der Waals surface area contributed by atoms with E-state index >= 15 is 0 Å². The van der Waals surface area contributed by atoms with Crippen LogP contribution in [0.3, 0.4) is 0 Å². The molecule has 0 radical (unpaired) electrons. The lowest BCUT2D eigenvalue weighted by atomic mass is 10.4. The minimum atomic E-state index is -4.61. The molecule has 0 aromatic heterocycles. The van der Waals surface area contributed by atoms with E-state index in [2.05, 4.69) is 4.74 Å². The Kier molecular flexibility index (Phi) is 2.50. The molecular formula is C4H5F3O3. The van der Waals surface area contributed by atoms with Crippen molar-refractivity contribution in [2.45, 2.75) is 19.2 Å². The Balaban J connectivity index is 3.85. The number of carbonyl (C=O) groups is 1. The summed E-state index contributed by atoms with van der Waals surface area (Å²) in [4.78, 5) is 9.53. The van der Waals surface area contributed by atoms with Crippen LogP contribution < -0.4 is 0 Å². The number of hydrogen-bond donors (Lipinski definition) is 1. The van der Waals surface area contributed by atoms with Crippen molar-refractivity contribution in [1.82, 2.24) is 0 Å². The molecule has 0 aliphatic heterocycles. The SMILES string of the molecule is C[C@H](OC(=O)O)C(F)(F)F. The number of hydrogen-bond acceptors (Lipinski definition) is 2. The summed E-state index contributed by atoms with van der Waals surface area (Å²) in [6, 6.07) is 0. The first kappa shape index (κ1) is 9.06. The van der Waals surface area contributed by atoms with Gasteiger partial charge in [-0.05, 0) is 6.92 Å². The second-order valence-corrected chi connectivity index (χ2v) is 1.57. The highest BCUT2D eigenvalue weighted by Gasteiger charge is 2.39. The number of halogens is 3. The number of rotatable bonds is 1. The van der Waals surface area contributed by atoms with E-state index in [0.717, 1.165) is 0 Å². The maximum absolute atomic E-state index is 11.4. The van der Waals surface area contributed by atoms with Gasteiger partial charge < -0.3 is 9.84 Å². The molecule has 0 bridgehead atoms. The van der Waals surface area contributed by atoms with Gasteiger partial charge in [0.05, 0.1) is 0 Å². The Morgan fingerprint density at radius 3 is 2.10 bits per heavy atom. The van der Waals surface area contributed by atoms with Crippen molar-refractivity contribution in [3.8, 4) is 0 Å². The summed E-state index contributed by atoms with van der Waals surface area (Å²) in [5.74, 6) is 0. The molecule has 0 saturated carbocycles. The predicted molar refractivity (Wildman–Crippen MR) is 24.6 cm³/mol. The van der Waals surface area contributed by atoms with Crippen molar-refractivity contribution >= 4 is 6.16 Å². The van der Waals surface area contributed by atoms with Crippen molar-refractivity contribution in [2.24, 2.45) is 0 Å². The molecule has 0 aromatic rings. The first-order chi connectivity index (χ1) is 4.34. The molecule has 60 valence electrons. The van der Waals surface area contributed by atoms with Gasteiger partial charge in [-0.15, -0.1) is 0 Å². The molecule has 0 fully saturated rings. The summed E-state index contributed by atoms with van der Waals surface area (Å²) in [7, 11) is 0. The molecule has 1 atom stereocenters. The predicted octanol–water partition coefficient (Wildman–Crippen LogP) is 1.63. The van der Waals surface area contributed by atoms with Crippen LogP contribution in [0.4, 0.5) is 18.0 Å². The van der Waals surface area contributed by atoms with Gasteiger partial charge in [-0.25, -0.2) is 4.79 Å². The highest BCUT2D eigenvalue weighted by atomic mass is 19.4. The molecule has 0 aliphatic carbocycles. The average molecular weight is 158 g/mol. The molecular weight excluding hydrogens is 153 g/mol. The molecule has 0 rings (SSSR count). The monoisotopic (exact) mass is 158 g/mol. The van der Waals surface area contributed by atoms with E-state index < -0.39 is 18.4 Å². The van der Waals surface area contributed by atoms with E-state index in [0.29, 0.717) is 6.92 Å². The molecule has 6 heteroatoms. The lowest BCUT2D eigenvalue weighted by Crippen LogP contribution is -2.30. The first-order valence-corrected chi connectivity index (χ1v) is 2.30. The van der Waals surface area contributed by atoms with E-state index in [9.17, 15) is 18.0 Å². The van der Waals surface area contributed by atoms with Crippen LogP contribution in [0.5, 0.6) is 0 Å². The van der Waals surface area contributed by atoms with Gasteiger partial charge in [-0.1, -0.05) is 0 Å². The minimum Gasteiger partial charge on any atom is -0.450 e. The maximum Gasteiger partial charge on any atom is 0.506 e. The second kappa shape index (κ2) is 2.76. The van der Waals surface area contributed by atoms with Crippen molar-refractivity contribution in [3.63, 3.8) is 0 Å². The minimum absolute atomic E-state index is 0.619. The van der Waals surface area contributed by atoms with Gasteiger partial charge in [0.2, 0.25) is 0 Å². The van der Waals surface area contributed by atoms with Crippen LogP contribution in [0.1, 0.15) is 6.92 Å². The Labute approximate surface area is 54.4 Å². The van der Waals surface area contributed by atoms with E-state index in [1.807, 2.05) is 0 Å². The average Bonchev–Trinajstić information content (AvgIpc) is 1.60. The highest BCUT2D eigenvalue weighted by molar-refractivity contribution is 5.57. The smallest absolute Gasteiger partial charge is 0.450 e. The molecule has 0 aromatic carbocycles. The van der Waals surface area contributed by atoms with Gasteiger partial charge in [0, 0.05) is 0 Å². The van der Waals surface area contributed by atoms with Crippen LogP contribution in [0.25, 0.3) is 0 Å². The Bertz CT molecular complexity index is 130. The molecule has 0 unspecified atom stereocenters. The molecule has 0 heterocycles. The summed E-state index contributed by atoms with van der Waals surface area (Å²) in [5, 5.41) is 7.72. The van der Waals surface area contributed by atoms with E-state index in [-0.39, 0.29) is 0 Å². The van der Waals surface area contributed by atoms with Crippen LogP contribution in [0.2, 0.25) is 0 Å². The first-order valence-electron chi connectivity index (χ1n) is 2.30. The Morgan fingerprint density at radius 2 is 2.00 bits per heavy atom. The van der Waals surface area contributed by atoms with Crippen LogP contribution in [0, 0.1) is 0 Å². The zero-order chi connectivity index (χ0) is 8.36. The van der Waals surface area contributed by atoms with Crippen molar-refractivity contribution in [3.05, 3.63) is 0 Å². The fourth-order valence-electron chi connectivity index (χ4n) is 0.218.